The number of carboxylic acid groups (broad SMARTS) is 1. The molecule has 218 valence electrons. The second kappa shape index (κ2) is 13.8. The first kappa shape index (κ1) is 31.1. The van der Waals surface area contributed by atoms with Crippen LogP contribution in [0.5, 0.6) is 0 Å². The van der Waals surface area contributed by atoms with E-state index in [9.17, 15) is 18.3 Å². The van der Waals surface area contributed by atoms with Gasteiger partial charge in [0.1, 0.15) is 0 Å². The SMILES string of the molecule is CC[C@H](C)NC[C@@H](O)[C@H](Cc1ccccc1)NC(=O)c1cc2c3c(cn(CC)c3c1)CCS(=O)(=O)N2C.O=CO. The summed E-state index contributed by atoms with van der Waals surface area (Å²) in [6.45, 7) is 6.96. The molecule has 10 nitrogen and oxygen atoms in total. The topological polar surface area (TPSA) is 141 Å². The fourth-order valence-electron chi connectivity index (χ4n) is 4.86. The van der Waals surface area contributed by atoms with Crippen molar-refractivity contribution in [2.45, 2.75) is 64.8 Å². The van der Waals surface area contributed by atoms with Gasteiger partial charge in [0.15, 0.2) is 0 Å². The van der Waals surface area contributed by atoms with Gasteiger partial charge in [-0.1, -0.05) is 37.3 Å². The Bertz CT molecular complexity index is 1410. The Labute approximate surface area is 236 Å². The molecule has 0 saturated heterocycles. The summed E-state index contributed by atoms with van der Waals surface area (Å²) in [5.41, 5.74) is 3.70. The molecule has 0 aliphatic carbocycles. The Balaban J connectivity index is 0.00000141. The third-order valence-electron chi connectivity index (χ3n) is 7.39. The van der Waals surface area contributed by atoms with Crippen LogP contribution in [0.2, 0.25) is 0 Å². The van der Waals surface area contributed by atoms with Gasteiger partial charge in [-0.3, -0.25) is 13.9 Å². The number of aryl methyl sites for hydroxylation is 2. The monoisotopic (exact) mass is 572 g/mol. The van der Waals surface area contributed by atoms with Crippen LogP contribution in [-0.4, -0.2) is 73.1 Å². The van der Waals surface area contributed by atoms with Crippen LogP contribution < -0.4 is 14.9 Å². The molecular formula is C29H40N4O6S. The van der Waals surface area contributed by atoms with Crippen LogP contribution in [0.25, 0.3) is 10.9 Å². The van der Waals surface area contributed by atoms with E-state index in [2.05, 4.69) is 29.0 Å². The van der Waals surface area contributed by atoms with Gasteiger partial charge in [0.2, 0.25) is 10.0 Å². The van der Waals surface area contributed by atoms with Crippen molar-refractivity contribution in [2.75, 3.05) is 23.7 Å². The Kier molecular flexibility index (Phi) is 10.7. The molecule has 0 unspecified atom stereocenters. The van der Waals surface area contributed by atoms with Crippen LogP contribution in [0, 0.1) is 0 Å². The number of amides is 1. The first-order chi connectivity index (χ1) is 19.1. The number of carbonyl (C=O) groups excluding carboxylic acids is 1. The highest BCUT2D eigenvalue weighted by Crippen LogP contribution is 2.36. The Morgan fingerprint density at radius 1 is 1.18 bits per heavy atom. The zero-order chi connectivity index (χ0) is 29.4. The van der Waals surface area contributed by atoms with Gasteiger partial charge in [0, 0.05) is 43.3 Å². The van der Waals surface area contributed by atoms with Crippen LogP contribution in [0.4, 0.5) is 5.69 Å². The summed E-state index contributed by atoms with van der Waals surface area (Å²) in [5.74, 6) is -0.320. The number of nitrogens with one attached hydrogen (secondary N) is 2. The Hall–Kier alpha value is -3.41. The maximum atomic E-state index is 13.6. The number of aromatic nitrogens is 1. The molecule has 2 heterocycles. The van der Waals surface area contributed by atoms with E-state index in [1.54, 1.807) is 13.1 Å². The summed E-state index contributed by atoms with van der Waals surface area (Å²) in [4.78, 5) is 22.0. The highest BCUT2D eigenvalue weighted by molar-refractivity contribution is 7.92. The van der Waals surface area contributed by atoms with Gasteiger partial charge in [-0.05, 0) is 56.4 Å². The van der Waals surface area contributed by atoms with E-state index in [1.807, 2.05) is 49.5 Å². The quantitative estimate of drug-likeness (QED) is 0.274. The lowest BCUT2D eigenvalue weighted by Gasteiger charge is -2.26. The molecule has 2 aromatic carbocycles. The number of rotatable bonds is 10. The molecule has 0 saturated carbocycles. The molecule has 0 spiro atoms. The average molecular weight is 573 g/mol. The molecule has 4 rings (SSSR count). The summed E-state index contributed by atoms with van der Waals surface area (Å²) in [6.07, 6.45) is 3.02. The fraction of sp³-hybridized carbons (Fsp3) is 0.448. The van der Waals surface area contributed by atoms with Crippen molar-refractivity contribution in [2.24, 2.45) is 0 Å². The van der Waals surface area contributed by atoms with E-state index in [1.165, 1.54) is 4.31 Å². The van der Waals surface area contributed by atoms with Crippen LogP contribution in [0.15, 0.2) is 48.7 Å². The maximum absolute atomic E-state index is 13.6. The van der Waals surface area contributed by atoms with Crippen molar-refractivity contribution in [3.05, 3.63) is 65.4 Å². The predicted molar refractivity (Wildman–Crippen MR) is 157 cm³/mol. The number of nitrogens with zero attached hydrogens (tertiary/aromatic N) is 2. The van der Waals surface area contributed by atoms with Crippen molar-refractivity contribution >= 4 is 39.0 Å². The lowest BCUT2D eigenvalue weighted by atomic mass is 9.99. The number of carbonyl (C=O) groups is 2. The molecule has 0 fully saturated rings. The first-order valence-corrected chi connectivity index (χ1v) is 15.1. The fourth-order valence-corrected chi connectivity index (χ4v) is 6.05. The summed E-state index contributed by atoms with van der Waals surface area (Å²) in [5, 5.41) is 25.2. The molecule has 0 bridgehead atoms. The molecule has 1 aliphatic heterocycles. The van der Waals surface area contributed by atoms with Crippen LogP contribution >= 0.6 is 0 Å². The molecule has 4 N–H and O–H groups in total. The largest absolute Gasteiger partial charge is 0.483 e. The lowest BCUT2D eigenvalue weighted by Crippen LogP contribution is -2.49. The Morgan fingerprint density at radius 3 is 2.48 bits per heavy atom. The third kappa shape index (κ3) is 7.21. The van der Waals surface area contributed by atoms with Crippen molar-refractivity contribution in [3.8, 4) is 0 Å². The number of aliphatic hydroxyl groups is 1. The second-order valence-corrected chi connectivity index (χ2v) is 12.1. The van der Waals surface area contributed by atoms with Gasteiger partial charge in [-0.2, -0.15) is 0 Å². The zero-order valence-corrected chi connectivity index (χ0v) is 24.3. The van der Waals surface area contributed by atoms with Crippen LogP contribution in [0.3, 0.4) is 0 Å². The molecule has 40 heavy (non-hydrogen) atoms. The summed E-state index contributed by atoms with van der Waals surface area (Å²) in [7, 11) is -1.95. The smallest absolute Gasteiger partial charge is 0.290 e. The van der Waals surface area contributed by atoms with E-state index in [0.29, 0.717) is 37.2 Å². The predicted octanol–water partition coefficient (Wildman–Crippen LogP) is 2.77. The summed E-state index contributed by atoms with van der Waals surface area (Å²) in [6, 6.07) is 13.0. The molecular weight excluding hydrogens is 532 g/mol. The molecule has 3 aromatic rings. The standard InChI is InChI=1S/C28H38N4O4S.CH2O2/c1-5-19(3)29-17-26(33)23(14-20-10-8-7-9-11-20)30-28(34)22-15-24-27-21(12-13-37(35,36)31(24)4)18-32(6-2)25(27)16-22;2-1-3/h7-11,15-16,18-19,23,26,29,33H,5-6,12-14,17H2,1-4H3,(H,30,34);1H,(H,2,3)/t19-,23-,26+;/m0./s1. The minimum atomic E-state index is -3.50. The van der Waals surface area contributed by atoms with E-state index in [0.717, 1.165) is 28.5 Å². The maximum Gasteiger partial charge on any atom is 0.290 e. The second-order valence-electron chi connectivity index (χ2n) is 10.0. The van der Waals surface area contributed by atoms with Gasteiger partial charge in [0.25, 0.3) is 12.4 Å². The zero-order valence-electron chi connectivity index (χ0n) is 23.5. The third-order valence-corrected chi connectivity index (χ3v) is 9.15. The van der Waals surface area contributed by atoms with Gasteiger partial charge in [-0.25, -0.2) is 8.42 Å². The van der Waals surface area contributed by atoms with E-state index in [-0.39, 0.29) is 24.2 Å². The highest BCUT2D eigenvalue weighted by atomic mass is 32.2. The van der Waals surface area contributed by atoms with Gasteiger partial charge in [0.05, 0.1) is 29.1 Å². The normalized spacial score (nSPS) is 16.3. The molecule has 1 amide bonds. The Morgan fingerprint density at radius 2 is 1.85 bits per heavy atom. The molecule has 1 aromatic heterocycles. The number of sulfonamides is 1. The highest BCUT2D eigenvalue weighted by Gasteiger charge is 2.29. The van der Waals surface area contributed by atoms with Crippen LogP contribution in [-0.2, 0) is 34.2 Å². The van der Waals surface area contributed by atoms with E-state index >= 15 is 0 Å². The van der Waals surface area contributed by atoms with Crippen molar-refractivity contribution in [3.63, 3.8) is 0 Å². The molecule has 0 radical (unpaired) electrons. The number of aliphatic hydroxyl groups excluding tert-OH is 1. The first-order valence-electron chi connectivity index (χ1n) is 13.5. The lowest BCUT2D eigenvalue weighted by molar-refractivity contribution is -0.122. The van der Waals surface area contributed by atoms with E-state index in [4.69, 9.17) is 9.90 Å². The molecule has 11 heteroatoms. The average Bonchev–Trinajstić information content (AvgIpc) is 3.27. The van der Waals surface area contributed by atoms with Gasteiger partial charge in [-0.15, -0.1) is 0 Å². The van der Waals surface area contributed by atoms with E-state index < -0.39 is 22.2 Å². The number of benzene rings is 2. The molecule has 3 atom stereocenters. The number of anilines is 1. The number of hydrogen-bond acceptors (Lipinski definition) is 6. The summed E-state index contributed by atoms with van der Waals surface area (Å²) >= 11 is 0. The van der Waals surface area contributed by atoms with Gasteiger partial charge >= 0.3 is 0 Å². The summed E-state index contributed by atoms with van der Waals surface area (Å²) < 4.78 is 29.0. The van der Waals surface area contributed by atoms with Crippen molar-refractivity contribution < 1.29 is 28.2 Å². The molecule has 1 aliphatic rings. The van der Waals surface area contributed by atoms with Crippen molar-refractivity contribution in [1.82, 2.24) is 15.2 Å². The minimum absolute atomic E-state index is 0.0249. The van der Waals surface area contributed by atoms with Gasteiger partial charge < -0.3 is 25.4 Å². The van der Waals surface area contributed by atoms with Crippen molar-refractivity contribution in [1.29, 1.82) is 0 Å². The number of hydrogen-bond donors (Lipinski definition) is 4. The van der Waals surface area contributed by atoms with Crippen LogP contribution in [0.1, 0.15) is 48.7 Å². The minimum Gasteiger partial charge on any atom is -0.483 e.